The summed E-state index contributed by atoms with van der Waals surface area (Å²) in [6, 6.07) is 9.82. The molecule has 8 heteroatoms. The van der Waals surface area contributed by atoms with Crippen molar-refractivity contribution in [1.82, 2.24) is 0 Å². The number of carbonyl (C=O) groups excluding carboxylic acids is 1. The van der Waals surface area contributed by atoms with Gasteiger partial charge >= 0.3 is 13.8 Å². The van der Waals surface area contributed by atoms with Gasteiger partial charge in [-0.25, -0.2) is 9.36 Å². The second kappa shape index (κ2) is 13.5. The van der Waals surface area contributed by atoms with Crippen LogP contribution in [0.5, 0.6) is 0 Å². The van der Waals surface area contributed by atoms with E-state index in [0.29, 0.717) is 19.6 Å². The van der Waals surface area contributed by atoms with E-state index in [2.05, 4.69) is 0 Å². The van der Waals surface area contributed by atoms with Crippen LogP contribution in [0.25, 0.3) is 0 Å². The number of phosphoric ester groups is 1. The zero-order chi connectivity index (χ0) is 20.8. The van der Waals surface area contributed by atoms with Gasteiger partial charge in [-0.15, -0.1) is 0 Å². The molecule has 0 spiro atoms. The highest BCUT2D eigenvalue weighted by Gasteiger charge is 2.30. The lowest BCUT2D eigenvalue weighted by Crippen LogP contribution is -2.12. The largest absolute Gasteiger partial charge is 0.529 e. The van der Waals surface area contributed by atoms with E-state index < -0.39 is 13.8 Å². The maximum absolute atomic E-state index is 12.7. The van der Waals surface area contributed by atoms with Crippen molar-refractivity contribution in [3.05, 3.63) is 47.7 Å². The molecular weight excluding hydrogens is 383 g/mol. The molecule has 0 saturated heterocycles. The molecule has 1 rings (SSSR count). The molecule has 1 aromatic rings. The summed E-state index contributed by atoms with van der Waals surface area (Å²) in [7, 11) is -3.81. The van der Waals surface area contributed by atoms with Crippen molar-refractivity contribution < 1.29 is 32.4 Å². The van der Waals surface area contributed by atoms with Crippen LogP contribution >= 0.6 is 7.82 Å². The normalized spacial score (nSPS) is 13.2. The highest BCUT2D eigenvalue weighted by Crippen LogP contribution is 2.52. The number of phosphoric acid groups is 1. The number of ether oxygens (including phenoxy) is 2. The zero-order valence-electron chi connectivity index (χ0n) is 17.1. The molecule has 28 heavy (non-hydrogen) atoms. The Morgan fingerprint density at radius 3 is 2.29 bits per heavy atom. The van der Waals surface area contributed by atoms with Gasteiger partial charge in [0, 0.05) is 12.5 Å². The third kappa shape index (κ3) is 9.51. The van der Waals surface area contributed by atoms with Gasteiger partial charge in [0.15, 0.2) is 0 Å². The summed E-state index contributed by atoms with van der Waals surface area (Å²) in [6.45, 7) is 8.38. The topological polar surface area (TPSA) is 80.3 Å². The van der Waals surface area contributed by atoms with Crippen LogP contribution in [0.15, 0.2) is 42.2 Å². The predicted molar refractivity (Wildman–Crippen MR) is 107 cm³/mol. The zero-order valence-corrected chi connectivity index (χ0v) is 18.0. The summed E-state index contributed by atoms with van der Waals surface area (Å²) in [6.07, 6.45) is 1.74. The second-order valence-corrected chi connectivity index (χ2v) is 7.49. The summed E-state index contributed by atoms with van der Waals surface area (Å²) >= 11 is 0. The van der Waals surface area contributed by atoms with E-state index in [-0.39, 0.29) is 31.5 Å². The summed E-state index contributed by atoms with van der Waals surface area (Å²) < 4.78 is 39.2. The van der Waals surface area contributed by atoms with Crippen molar-refractivity contribution in [2.24, 2.45) is 5.92 Å². The van der Waals surface area contributed by atoms with Crippen LogP contribution in [-0.4, -0.2) is 32.4 Å². The van der Waals surface area contributed by atoms with Crippen molar-refractivity contribution in [3.63, 3.8) is 0 Å². The van der Waals surface area contributed by atoms with Crippen LogP contribution in [0.1, 0.15) is 39.7 Å². The Morgan fingerprint density at radius 2 is 1.71 bits per heavy atom. The average Bonchev–Trinajstić information content (AvgIpc) is 2.66. The quantitative estimate of drug-likeness (QED) is 0.141. The first kappa shape index (κ1) is 24.4. The fourth-order valence-electron chi connectivity index (χ4n) is 2.26. The van der Waals surface area contributed by atoms with Gasteiger partial charge in [0.1, 0.15) is 5.76 Å². The maximum Gasteiger partial charge on any atom is 0.529 e. The van der Waals surface area contributed by atoms with Gasteiger partial charge in [-0.3, -0.25) is 9.05 Å². The SMILES string of the molecule is CCOC(=O)/C=C(\OP(=O)(OCC)OCC)C(C)CCOCc1ccccc1. The molecule has 0 amide bonds. The third-order valence-corrected chi connectivity index (χ3v) is 5.21. The molecule has 158 valence electrons. The van der Waals surface area contributed by atoms with Gasteiger partial charge < -0.3 is 14.0 Å². The van der Waals surface area contributed by atoms with Gasteiger partial charge in [-0.2, -0.15) is 0 Å². The first-order chi connectivity index (χ1) is 13.4. The van der Waals surface area contributed by atoms with Gasteiger partial charge in [-0.05, 0) is 32.8 Å². The molecule has 0 aliphatic carbocycles. The molecule has 0 aliphatic heterocycles. The van der Waals surface area contributed by atoms with E-state index in [1.165, 1.54) is 6.08 Å². The molecule has 0 radical (unpaired) electrons. The summed E-state index contributed by atoms with van der Waals surface area (Å²) in [5.41, 5.74) is 1.07. The van der Waals surface area contributed by atoms with Crippen molar-refractivity contribution in [2.45, 2.75) is 40.7 Å². The minimum absolute atomic E-state index is 0.151. The molecule has 0 N–H and O–H groups in total. The standard InChI is InChI=1S/C20H31O7P/c1-5-24-20(21)15-19(27-28(22,25-6-2)26-7-3)17(4)13-14-23-16-18-11-9-8-10-12-18/h8-12,15,17H,5-7,13-14,16H2,1-4H3/b19-15-. The first-order valence-electron chi connectivity index (χ1n) is 9.52. The van der Waals surface area contributed by atoms with Crippen LogP contribution in [0.4, 0.5) is 0 Å². The van der Waals surface area contributed by atoms with E-state index in [4.69, 9.17) is 23.0 Å². The van der Waals surface area contributed by atoms with E-state index in [1.54, 1.807) is 20.8 Å². The molecule has 0 saturated carbocycles. The van der Waals surface area contributed by atoms with E-state index in [9.17, 15) is 9.36 Å². The van der Waals surface area contributed by atoms with Crippen LogP contribution in [0, 0.1) is 5.92 Å². The fourth-order valence-corrected chi connectivity index (χ4v) is 3.56. The molecule has 1 aromatic carbocycles. The molecular formula is C20H31O7P. The summed E-state index contributed by atoms with van der Waals surface area (Å²) in [5, 5.41) is 0. The smallest absolute Gasteiger partial charge is 0.463 e. The third-order valence-electron chi connectivity index (χ3n) is 3.63. The average molecular weight is 414 g/mol. The first-order valence-corrected chi connectivity index (χ1v) is 11.0. The Hall–Kier alpha value is -1.66. The lowest BCUT2D eigenvalue weighted by atomic mass is 10.1. The van der Waals surface area contributed by atoms with Gasteiger partial charge in [0.05, 0.1) is 32.5 Å². The molecule has 1 unspecified atom stereocenters. The molecule has 0 aliphatic rings. The Bertz CT molecular complexity index is 635. The van der Waals surface area contributed by atoms with Crippen LogP contribution in [0.3, 0.4) is 0 Å². The van der Waals surface area contributed by atoms with Gasteiger partial charge in [-0.1, -0.05) is 37.3 Å². The maximum atomic E-state index is 12.7. The highest BCUT2D eigenvalue weighted by molar-refractivity contribution is 7.48. The molecule has 1 atom stereocenters. The number of hydrogen-bond acceptors (Lipinski definition) is 7. The lowest BCUT2D eigenvalue weighted by Gasteiger charge is -2.22. The Balaban J connectivity index is 2.74. The lowest BCUT2D eigenvalue weighted by molar-refractivity contribution is -0.137. The molecule has 7 nitrogen and oxygen atoms in total. The van der Waals surface area contributed by atoms with Crippen molar-refractivity contribution >= 4 is 13.8 Å². The monoisotopic (exact) mass is 414 g/mol. The number of esters is 1. The van der Waals surface area contributed by atoms with Gasteiger partial charge in [0.2, 0.25) is 0 Å². The van der Waals surface area contributed by atoms with Crippen molar-refractivity contribution in [2.75, 3.05) is 26.4 Å². The molecule has 0 heterocycles. The minimum Gasteiger partial charge on any atom is -0.463 e. The Labute approximate surface area is 167 Å². The molecule has 0 bridgehead atoms. The molecule has 0 aromatic heterocycles. The Morgan fingerprint density at radius 1 is 1.07 bits per heavy atom. The molecule has 0 fully saturated rings. The highest BCUT2D eigenvalue weighted by atomic mass is 31.2. The van der Waals surface area contributed by atoms with E-state index >= 15 is 0 Å². The summed E-state index contributed by atoms with van der Waals surface area (Å²) in [4.78, 5) is 11.9. The number of hydrogen-bond donors (Lipinski definition) is 0. The number of allylic oxidation sites excluding steroid dienone is 1. The Kier molecular flexibility index (Phi) is 11.8. The van der Waals surface area contributed by atoms with Gasteiger partial charge in [0.25, 0.3) is 0 Å². The van der Waals surface area contributed by atoms with Crippen LogP contribution in [0.2, 0.25) is 0 Å². The second-order valence-electron chi connectivity index (χ2n) is 5.90. The number of carbonyl (C=O) groups is 1. The van der Waals surface area contributed by atoms with E-state index in [1.807, 2.05) is 37.3 Å². The van der Waals surface area contributed by atoms with Crippen LogP contribution in [-0.2, 0) is 39.0 Å². The fraction of sp³-hybridized carbons (Fsp3) is 0.550. The van der Waals surface area contributed by atoms with Crippen LogP contribution < -0.4 is 0 Å². The minimum atomic E-state index is -3.81. The number of rotatable bonds is 14. The predicted octanol–water partition coefficient (Wildman–Crippen LogP) is 4.87. The number of benzene rings is 1. The van der Waals surface area contributed by atoms with Crippen molar-refractivity contribution in [1.29, 1.82) is 0 Å². The summed E-state index contributed by atoms with van der Waals surface area (Å²) in [5.74, 6) is -0.643. The van der Waals surface area contributed by atoms with E-state index in [0.717, 1.165) is 5.56 Å². The van der Waals surface area contributed by atoms with Crippen molar-refractivity contribution in [3.8, 4) is 0 Å².